The quantitative estimate of drug-likeness (QED) is 0.823. The van der Waals surface area contributed by atoms with Crippen LogP contribution in [-0.2, 0) is 22.0 Å². The Morgan fingerprint density at radius 1 is 1.22 bits per heavy atom. The van der Waals surface area contributed by atoms with E-state index in [4.69, 9.17) is 0 Å². The zero-order chi connectivity index (χ0) is 19.5. The number of benzene rings is 1. The maximum absolute atomic E-state index is 13.5. The fraction of sp³-hybridized carbons (Fsp3) is 0.550. The molecule has 2 heterocycles. The lowest BCUT2D eigenvalue weighted by molar-refractivity contribution is 0.252. The second-order valence-electron chi connectivity index (χ2n) is 8.14. The van der Waals surface area contributed by atoms with Gasteiger partial charge in [-0.25, -0.2) is 8.42 Å². The van der Waals surface area contributed by atoms with Crippen LogP contribution in [0.2, 0.25) is 0 Å². The number of nitrogens with zero attached hydrogens (tertiary/aromatic N) is 3. The van der Waals surface area contributed by atoms with Crippen LogP contribution in [0, 0.1) is 0 Å². The minimum Gasteiger partial charge on any atom is -0.317 e. The average molecular weight is 391 g/mol. The smallest absolute Gasteiger partial charge is 0.243 e. The van der Waals surface area contributed by atoms with Crippen molar-refractivity contribution >= 4 is 10.0 Å². The van der Waals surface area contributed by atoms with Crippen molar-refractivity contribution in [3.63, 3.8) is 0 Å². The molecule has 0 atom stereocenters. The summed E-state index contributed by atoms with van der Waals surface area (Å²) in [5.41, 5.74) is 0.932. The van der Waals surface area contributed by atoms with Crippen LogP contribution in [0.4, 0.5) is 0 Å². The van der Waals surface area contributed by atoms with Gasteiger partial charge in [0.15, 0.2) is 0 Å². The highest BCUT2D eigenvalue weighted by Crippen LogP contribution is 2.28. The molecule has 27 heavy (non-hydrogen) atoms. The highest BCUT2D eigenvalue weighted by molar-refractivity contribution is 7.89. The van der Waals surface area contributed by atoms with Gasteiger partial charge in [-0.05, 0) is 55.1 Å². The van der Waals surface area contributed by atoms with Crippen molar-refractivity contribution in [1.82, 2.24) is 19.4 Å². The molecule has 1 N–H and O–H groups in total. The summed E-state index contributed by atoms with van der Waals surface area (Å²) < 4.78 is 30.6. The third kappa shape index (κ3) is 4.78. The minimum absolute atomic E-state index is 0.0186. The third-order valence-corrected chi connectivity index (χ3v) is 7.08. The van der Waals surface area contributed by atoms with E-state index in [2.05, 4.69) is 31.2 Å². The van der Waals surface area contributed by atoms with Crippen LogP contribution in [0.3, 0.4) is 0 Å². The van der Waals surface area contributed by atoms with Gasteiger partial charge in [-0.1, -0.05) is 32.9 Å². The summed E-state index contributed by atoms with van der Waals surface area (Å²) in [6.07, 6.45) is 5.25. The molecule has 3 rings (SSSR count). The molecule has 1 aromatic heterocycles. The van der Waals surface area contributed by atoms with E-state index in [0.717, 1.165) is 31.5 Å². The molecule has 0 saturated carbocycles. The largest absolute Gasteiger partial charge is 0.317 e. The second kappa shape index (κ2) is 8.12. The van der Waals surface area contributed by atoms with Crippen molar-refractivity contribution in [3.05, 3.63) is 48.3 Å². The van der Waals surface area contributed by atoms with Gasteiger partial charge in [0.2, 0.25) is 10.0 Å². The summed E-state index contributed by atoms with van der Waals surface area (Å²) in [6.45, 7) is 8.97. The summed E-state index contributed by atoms with van der Waals surface area (Å²) in [5, 5.41) is 7.54. The number of nitrogens with one attached hydrogen (secondary N) is 1. The second-order valence-corrected chi connectivity index (χ2v) is 10.0. The molecule has 7 heteroatoms. The number of aromatic nitrogens is 2. The molecular weight excluding hydrogens is 360 g/mol. The third-order valence-electron chi connectivity index (χ3n) is 5.13. The highest BCUT2D eigenvalue weighted by atomic mass is 32.2. The molecule has 0 amide bonds. The molecule has 1 aromatic carbocycles. The van der Waals surface area contributed by atoms with Gasteiger partial charge in [0.1, 0.15) is 0 Å². The van der Waals surface area contributed by atoms with Gasteiger partial charge in [0.05, 0.1) is 11.4 Å². The topological polar surface area (TPSA) is 67.2 Å². The molecule has 148 valence electrons. The van der Waals surface area contributed by atoms with Crippen molar-refractivity contribution in [2.75, 3.05) is 19.6 Å². The van der Waals surface area contributed by atoms with Crippen LogP contribution >= 0.6 is 0 Å². The maximum atomic E-state index is 13.5. The van der Waals surface area contributed by atoms with Crippen molar-refractivity contribution < 1.29 is 8.42 Å². The Morgan fingerprint density at radius 3 is 2.59 bits per heavy atom. The summed E-state index contributed by atoms with van der Waals surface area (Å²) in [4.78, 5) is 0.383. The zero-order valence-electron chi connectivity index (χ0n) is 16.4. The van der Waals surface area contributed by atoms with Crippen molar-refractivity contribution in [3.8, 4) is 0 Å². The van der Waals surface area contributed by atoms with E-state index < -0.39 is 10.0 Å². The molecule has 1 aliphatic rings. The first-order valence-corrected chi connectivity index (χ1v) is 11.0. The summed E-state index contributed by atoms with van der Waals surface area (Å²) in [7, 11) is -3.57. The lowest BCUT2D eigenvalue weighted by atomic mass is 9.87. The van der Waals surface area contributed by atoms with Crippen molar-refractivity contribution in [2.45, 2.75) is 56.5 Å². The van der Waals surface area contributed by atoms with Gasteiger partial charge in [-0.2, -0.15) is 9.40 Å². The number of rotatable bonds is 6. The van der Waals surface area contributed by atoms with Crippen LogP contribution in [-0.4, -0.2) is 48.2 Å². The molecule has 0 aliphatic carbocycles. The van der Waals surface area contributed by atoms with Crippen LogP contribution < -0.4 is 5.32 Å². The first-order chi connectivity index (χ1) is 12.8. The predicted molar refractivity (Wildman–Crippen MR) is 107 cm³/mol. The number of hydrogen-bond acceptors (Lipinski definition) is 4. The number of sulfonamides is 1. The molecule has 0 radical (unpaired) electrons. The van der Waals surface area contributed by atoms with E-state index in [1.165, 1.54) is 0 Å². The molecule has 0 spiro atoms. The fourth-order valence-corrected chi connectivity index (χ4v) is 5.21. The van der Waals surface area contributed by atoms with E-state index in [1.807, 2.05) is 30.5 Å². The molecule has 1 saturated heterocycles. The molecule has 1 fully saturated rings. The lowest BCUT2D eigenvalue weighted by Crippen LogP contribution is -2.47. The summed E-state index contributed by atoms with van der Waals surface area (Å²) >= 11 is 0. The Hall–Kier alpha value is -1.70. The standard InChI is InChI=1S/C20H30N4O2S/c1-20(2,3)17-6-4-7-19(16-17)27(25,26)24(18-8-11-21-12-9-18)15-14-23-13-5-10-22-23/h4-7,10,13,16,18,21H,8-9,11-12,14-15H2,1-3H3. The summed E-state index contributed by atoms with van der Waals surface area (Å²) in [6, 6.07) is 9.27. The van der Waals surface area contributed by atoms with Gasteiger partial charge in [-0.3, -0.25) is 4.68 Å². The maximum Gasteiger partial charge on any atom is 0.243 e. The minimum atomic E-state index is -3.57. The van der Waals surface area contributed by atoms with Crippen LogP contribution in [0.5, 0.6) is 0 Å². The molecular formula is C20H30N4O2S. The van der Waals surface area contributed by atoms with E-state index in [9.17, 15) is 8.42 Å². The number of hydrogen-bond donors (Lipinski definition) is 1. The normalized spacial score (nSPS) is 16.7. The molecule has 0 bridgehead atoms. The molecule has 0 unspecified atom stereocenters. The van der Waals surface area contributed by atoms with E-state index >= 15 is 0 Å². The SMILES string of the molecule is CC(C)(C)c1cccc(S(=O)(=O)N(CCn2cccn2)C2CCNCC2)c1. The highest BCUT2D eigenvalue weighted by Gasteiger charge is 2.32. The zero-order valence-corrected chi connectivity index (χ0v) is 17.2. The average Bonchev–Trinajstić information content (AvgIpc) is 3.15. The lowest BCUT2D eigenvalue weighted by Gasteiger charge is -2.34. The Labute approximate surface area is 162 Å². The predicted octanol–water partition coefficient (Wildman–Crippen LogP) is 2.62. The first kappa shape index (κ1) is 20.0. The molecule has 6 nitrogen and oxygen atoms in total. The van der Waals surface area contributed by atoms with Crippen molar-refractivity contribution in [1.29, 1.82) is 0 Å². The first-order valence-electron chi connectivity index (χ1n) is 9.59. The molecule has 1 aliphatic heterocycles. The Kier molecular flexibility index (Phi) is 6.03. The number of piperidine rings is 1. The van der Waals surface area contributed by atoms with Crippen LogP contribution in [0.15, 0.2) is 47.6 Å². The van der Waals surface area contributed by atoms with E-state index in [-0.39, 0.29) is 11.5 Å². The van der Waals surface area contributed by atoms with E-state index in [0.29, 0.717) is 18.0 Å². The molecule has 2 aromatic rings. The summed E-state index contributed by atoms with van der Waals surface area (Å²) in [5.74, 6) is 0. The van der Waals surface area contributed by atoms with Crippen LogP contribution in [0.25, 0.3) is 0 Å². The van der Waals surface area contributed by atoms with Crippen molar-refractivity contribution in [2.24, 2.45) is 0 Å². The monoisotopic (exact) mass is 390 g/mol. The van der Waals surface area contributed by atoms with Gasteiger partial charge in [-0.15, -0.1) is 0 Å². The Balaban J connectivity index is 1.91. The van der Waals surface area contributed by atoms with Gasteiger partial charge in [0, 0.05) is 25.0 Å². The van der Waals surface area contributed by atoms with Crippen LogP contribution in [0.1, 0.15) is 39.2 Å². The van der Waals surface area contributed by atoms with Gasteiger partial charge in [0.25, 0.3) is 0 Å². The Morgan fingerprint density at radius 2 is 1.96 bits per heavy atom. The Bertz CT molecular complexity index is 835. The fourth-order valence-electron chi connectivity index (χ4n) is 3.49. The van der Waals surface area contributed by atoms with Gasteiger partial charge >= 0.3 is 0 Å². The van der Waals surface area contributed by atoms with E-state index in [1.54, 1.807) is 21.3 Å². The van der Waals surface area contributed by atoms with Gasteiger partial charge < -0.3 is 5.32 Å².